The molecule has 4 rings (SSSR count). The Bertz CT molecular complexity index is 958. The fraction of sp³-hybridized carbons (Fsp3) is 0.250. The quantitative estimate of drug-likeness (QED) is 0.713. The first-order chi connectivity index (χ1) is 13.2. The van der Waals surface area contributed by atoms with E-state index >= 15 is 0 Å². The number of hydrogen-bond acceptors (Lipinski definition) is 5. The van der Waals surface area contributed by atoms with Crippen molar-refractivity contribution in [3.05, 3.63) is 47.0 Å². The predicted molar refractivity (Wildman–Crippen MR) is 106 cm³/mol. The molecule has 1 aliphatic rings. The number of methoxy groups -OCH3 is 3. The summed E-state index contributed by atoms with van der Waals surface area (Å²) < 4.78 is 18.3. The molecule has 0 unspecified atom stereocenters. The van der Waals surface area contributed by atoms with Crippen LogP contribution in [-0.2, 0) is 6.42 Å². The van der Waals surface area contributed by atoms with Crippen LogP contribution in [0, 0.1) is 0 Å². The Morgan fingerprint density at radius 3 is 2.26 bits per heavy atom. The highest BCUT2D eigenvalue weighted by molar-refractivity contribution is 6.30. The van der Waals surface area contributed by atoms with Crippen LogP contribution in [-0.4, -0.2) is 37.7 Å². The lowest BCUT2D eigenvalue weighted by molar-refractivity contribution is 0.324. The standard InChI is InChI=1S/C20H20ClN3O3/c1-25-16-10-12(11-17(26-2)19(16)27-3)18-15-8-9-22-20(15)24(23-18)14-6-4-13(21)5-7-14/h4-7,10-11,22H,8-9H2,1-3H3. The monoisotopic (exact) mass is 385 g/mol. The second-order valence-electron chi connectivity index (χ2n) is 6.15. The summed E-state index contributed by atoms with van der Waals surface area (Å²) in [6, 6.07) is 11.5. The summed E-state index contributed by atoms with van der Waals surface area (Å²) in [6.07, 6.45) is 0.898. The summed E-state index contributed by atoms with van der Waals surface area (Å²) in [6.45, 7) is 0.873. The molecule has 7 heteroatoms. The molecule has 2 aromatic carbocycles. The Kier molecular flexibility index (Phi) is 4.58. The number of nitrogens with zero attached hydrogens (tertiary/aromatic N) is 2. The number of anilines is 1. The van der Waals surface area contributed by atoms with Crippen molar-refractivity contribution in [2.75, 3.05) is 33.2 Å². The molecule has 1 aliphatic heterocycles. The number of fused-ring (bicyclic) bond motifs is 1. The predicted octanol–water partition coefficient (Wildman–Crippen LogP) is 4.19. The number of halogens is 1. The van der Waals surface area contributed by atoms with Crippen molar-refractivity contribution in [2.45, 2.75) is 6.42 Å². The second kappa shape index (κ2) is 7.04. The van der Waals surface area contributed by atoms with Gasteiger partial charge in [-0.05, 0) is 42.8 Å². The molecule has 0 atom stereocenters. The van der Waals surface area contributed by atoms with Crippen molar-refractivity contribution in [2.24, 2.45) is 0 Å². The lowest BCUT2D eigenvalue weighted by Crippen LogP contribution is -2.04. The van der Waals surface area contributed by atoms with Gasteiger partial charge in [0.2, 0.25) is 5.75 Å². The zero-order valence-electron chi connectivity index (χ0n) is 15.4. The maximum atomic E-state index is 6.03. The molecule has 0 spiro atoms. The van der Waals surface area contributed by atoms with Crippen molar-refractivity contribution >= 4 is 17.4 Å². The van der Waals surface area contributed by atoms with Gasteiger partial charge < -0.3 is 19.5 Å². The molecule has 6 nitrogen and oxygen atoms in total. The van der Waals surface area contributed by atoms with E-state index in [1.54, 1.807) is 21.3 Å². The molecular weight excluding hydrogens is 366 g/mol. The second-order valence-corrected chi connectivity index (χ2v) is 6.59. The van der Waals surface area contributed by atoms with Crippen LogP contribution in [0.3, 0.4) is 0 Å². The van der Waals surface area contributed by atoms with Crippen LogP contribution in [0.25, 0.3) is 16.9 Å². The molecule has 2 heterocycles. The largest absolute Gasteiger partial charge is 0.493 e. The molecule has 1 N–H and O–H groups in total. The van der Waals surface area contributed by atoms with Crippen LogP contribution in [0.4, 0.5) is 5.82 Å². The van der Waals surface area contributed by atoms with Gasteiger partial charge in [-0.3, -0.25) is 0 Å². The van der Waals surface area contributed by atoms with Crippen LogP contribution in [0.5, 0.6) is 17.2 Å². The normalized spacial score (nSPS) is 12.4. The van der Waals surface area contributed by atoms with Gasteiger partial charge in [0.25, 0.3) is 0 Å². The van der Waals surface area contributed by atoms with E-state index in [0.29, 0.717) is 22.3 Å². The number of nitrogens with one attached hydrogen (secondary N) is 1. The van der Waals surface area contributed by atoms with Gasteiger partial charge in [-0.1, -0.05) is 11.6 Å². The molecule has 0 saturated carbocycles. The number of aromatic nitrogens is 2. The van der Waals surface area contributed by atoms with E-state index < -0.39 is 0 Å². The minimum absolute atomic E-state index is 0.565. The first-order valence-corrected chi connectivity index (χ1v) is 8.96. The Hall–Kier alpha value is -2.86. The van der Waals surface area contributed by atoms with Crippen LogP contribution in [0.2, 0.25) is 5.02 Å². The summed E-state index contributed by atoms with van der Waals surface area (Å²) in [5.74, 6) is 2.77. The van der Waals surface area contributed by atoms with E-state index in [-0.39, 0.29) is 0 Å². The van der Waals surface area contributed by atoms with Crippen LogP contribution < -0.4 is 19.5 Å². The molecule has 0 fully saturated rings. The molecular formula is C20H20ClN3O3. The Morgan fingerprint density at radius 1 is 1.00 bits per heavy atom. The van der Waals surface area contributed by atoms with Gasteiger partial charge >= 0.3 is 0 Å². The maximum absolute atomic E-state index is 6.03. The Labute approximate surface area is 162 Å². The van der Waals surface area contributed by atoms with E-state index in [1.807, 2.05) is 41.1 Å². The van der Waals surface area contributed by atoms with E-state index in [4.69, 9.17) is 30.9 Å². The molecule has 1 aromatic heterocycles. The van der Waals surface area contributed by atoms with Gasteiger partial charge in [0.15, 0.2) is 11.5 Å². The molecule has 0 radical (unpaired) electrons. The van der Waals surface area contributed by atoms with Gasteiger partial charge in [-0.25, -0.2) is 4.68 Å². The number of hydrogen-bond donors (Lipinski definition) is 1. The van der Waals surface area contributed by atoms with Gasteiger partial charge in [-0.15, -0.1) is 0 Å². The zero-order valence-corrected chi connectivity index (χ0v) is 16.1. The third-order valence-corrected chi connectivity index (χ3v) is 4.91. The molecule has 0 saturated heterocycles. The summed E-state index contributed by atoms with van der Waals surface area (Å²) in [7, 11) is 4.82. The van der Waals surface area contributed by atoms with Crippen molar-refractivity contribution in [3.63, 3.8) is 0 Å². The number of rotatable bonds is 5. The van der Waals surface area contributed by atoms with Gasteiger partial charge in [0.1, 0.15) is 5.82 Å². The highest BCUT2D eigenvalue weighted by Crippen LogP contribution is 2.43. The zero-order chi connectivity index (χ0) is 19.0. The average molecular weight is 386 g/mol. The molecule has 0 bridgehead atoms. The molecule has 140 valence electrons. The average Bonchev–Trinajstić information content (AvgIpc) is 3.30. The maximum Gasteiger partial charge on any atom is 0.203 e. The smallest absolute Gasteiger partial charge is 0.203 e. The summed E-state index contributed by atoms with van der Waals surface area (Å²) in [4.78, 5) is 0. The first kappa shape index (κ1) is 17.5. The highest BCUT2D eigenvalue weighted by Gasteiger charge is 2.25. The topological polar surface area (TPSA) is 57.5 Å². The van der Waals surface area contributed by atoms with Crippen molar-refractivity contribution in [3.8, 4) is 34.2 Å². The Morgan fingerprint density at radius 2 is 1.67 bits per heavy atom. The summed E-state index contributed by atoms with van der Waals surface area (Å²) in [5, 5.41) is 8.99. The summed E-state index contributed by atoms with van der Waals surface area (Å²) >= 11 is 6.03. The molecule has 0 amide bonds. The minimum atomic E-state index is 0.565. The minimum Gasteiger partial charge on any atom is -0.493 e. The van der Waals surface area contributed by atoms with Crippen LogP contribution >= 0.6 is 11.6 Å². The van der Waals surface area contributed by atoms with Gasteiger partial charge in [0, 0.05) is 22.7 Å². The Balaban J connectivity index is 1.88. The van der Waals surface area contributed by atoms with E-state index in [9.17, 15) is 0 Å². The molecule has 3 aromatic rings. The third kappa shape index (κ3) is 2.96. The summed E-state index contributed by atoms with van der Waals surface area (Å²) in [5.41, 5.74) is 3.92. The van der Waals surface area contributed by atoms with Crippen LogP contribution in [0.1, 0.15) is 5.56 Å². The van der Waals surface area contributed by atoms with Crippen LogP contribution in [0.15, 0.2) is 36.4 Å². The fourth-order valence-corrected chi connectivity index (χ4v) is 3.52. The van der Waals surface area contributed by atoms with E-state index in [2.05, 4.69) is 5.32 Å². The van der Waals surface area contributed by atoms with E-state index in [0.717, 1.165) is 35.7 Å². The molecule has 0 aliphatic carbocycles. The lowest BCUT2D eigenvalue weighted by Gasteiger charge is -2.13. The highest BCUT2D eigenvalue weighted by atomic mass is 35.5. The first-order valence-electron chi connectivity index (χ1n) is 8.58. The van der Waals surface area contributed by atoms with Crippen molar-refractivity contribution < 1.29 is 14.2 Å². The third-order valence-electron chi connectivity index (χ3n) is 4.66. The molecule has 27 heavy (non-hydrogen) atoms. The number of benzene rings is 2. The fourth-order valence-electron chi connectivity index (χ4n) is 3.39. The SMILES string of the molecule is COc1cc(-c2nn(-c3ccc(Cl)cc3)c3c2CCN3)cc(OC)c1OC. The van der Waals surface area contributed by atoms with Crippen molar-refractivity contribution in [1.29, 1.82) is 0 Å². The van der Waals surface area contributed by atoms with Crippen molar-refractivity contribution in [1.82, 2.24) is 9.78 Å². The van der Waals surface area contributed by atoms with Gasteiger partial charge in [0.05, 0.1) is 32.7 Å². The van der Waals surface area contributed by atoms with Gasteiger partial charge in [-0.2, -0.15) is 5.10 Å². The van der Waals surface area contributed by atoms with E-state index in [1.165, 1.54) is 5.56 Å². The lowest BCUT2D eigenvalue weighted by atomic mass is 10.1. The number of ether oxygens (including phenoxy) is 3.